The van der Waals surface area contributed by atoms with Crippen molar-refractivity contribution in [3.63, 3.8) is 0 Å². The number of nitrogens with zero attached hydrogens (tertiary/aromatic N) is 1. The zero-order valence-corrected chi connectivity index (χ0v) is 11.3. The van der Waals surface area contributed by atoms with Crippen molar-refractivity contribution >= 4 is 0 Å². The Hall–Kier alpha value is -0.0800. The summed E-state index contributed by atoms with van der Waals surface area (Å²) in [6, 6.07) is 0.655. The Kier molecular flexibility index (Phi) is 4.19. The summed E-state index contributed by atoms with van der Waals surface area (Å²) in [4.78, 5) is 0. The molecule has 2 heteroatoms. The van der Waals surface area contributed by atoms with E-state index in [1.165, 1.54) is 12.8 Å². The van der Waals surface area contributed by atoms with Crippen LogP contribution >= 0.6 is 0 Å². The van der Waals surface area contributed by atoms with Gasteiger partial charge < -0.3 is 0 Å². The molecule has 1 rings (SSSR count). The van der Waals surface area contributed by atoms with Gasteiger partial charge in [-0.1, -0.05) is 20.8 Å². The summed E-state index contributed by atoms with van der Waals surface area (Å²) >= 11 is 0. The molecular formula is C13H28N2. The van der Waals surface area contributed by atoms with E-state index in [0.717, 1.165) is 12.5 Å². The van der Waals surface area contributed by atoms with Gasteiger partial charge in [0.05, 0.1) is 0 Å². The standard InChI is InChI=1S/C13H28N2/c1-10(2)9-14-15-12(4)7-11(3)8-13(15,5)6/h10-12,14H,7-9H2,1-6H3. The van der Waals surface area contributed by atoms with Crippen LogP contribution in [0.3, 0.4) is 0 Å². The van der Waals surface area contributed by atoms with E-state index in [4.69, 9.17) is 0 Å². The molecule has 0 aromatic rings. The highest BCUT2D eigenvalue weighted by Gasteiger charge is 2.37. The number of rotatable bonds is 3. The molecule has 1 N–H and O–H groups in total. The van der Waals surface area contributed by atoms with Gasteiger partial charge in [0.25, 0.3) is 0 Å². The van der Waals surface area contributed by atoms with Gasteiger partial charge in [-0.25, -0.2) is 5.01 Å². The molecule has 15 heavy (non-hydrogen) atoms. The van der Waals surface area contributed by atoms with Gasteiger partial charge in [0, 0.05) is 18.1 Å². The van der Waals surface area contributed by atoms with Crippen molar-refractivity contribution in [2.24, 2.45) is 11.8 Å². The van der Waals surface area contributed by atoms with Gasteiger partial charge >= 0.3 is 0 Å². The lowest BCUT2D eigenvalue weighted by molar-refractivity contribution is -0.0382. The first kappa shape index (κ1) is 13.0. The van der Waals surface area contributed by atoms with Gasteiger partial charge in [-0.15, -0.1) is 0 Å². The predicted molar refractivity (Wildman–Crippen MR) is 66.6 cm³/mol. The molecule has 1 aliphatic rings. The molecule has 2 atom stereocenters. The first-order valence-corrected chi connectivity index (χ1v) is 6.35. The Morgan fingerprint density at radius 3 is 2.40 bits per heavy atom. The van der Waals surface area contributed by atoms with E-state index in [-0.39, 0.29) is 0 Å². The minimum absolute atomic E-state index is 0.298. The smallest absolute Gasteiger partial charge is 0.0303 e. The van der Waals surface area contributed by atoms with Crippen molar-refractivity contribution in [2.45, 2.75) is 66.0 Å². The Bertz CT molecular complexity index is 199. The maximum absolute atomic E-state index is 3.61. The van der Waals surface area contributed by atoms with E-state index in [9.17, 15) is 0 Å². The van der Waals surface area contributed by atoms with Gasteiger partial charge in [-0.05, 0) is 45.4 Å². The molecule has 2 nitrogen and oxygen atoms in total. The zero-order valence-electron chi connectivity index (χ0n) is 11.3. The van der Waals surface area contributed by atoms with Crippen LogP contribution in [0.2, 0.25) is 0 Å². The van der Waals surface area contributed by atoms with Gasteiger partial charge in [-0.2, -0.15) is 0 Å². The van der Waals surface area contributed by atoms with Crippen LogP contribution in [0.5, 0.6) is 0 Å². The molecule has 2 unspecified atom stereocenters. The second-order valence-corrected chi connectivity index (χ2v) is 6.33. The average molecular weight is 212 g/mol. The van der Waals surface area contributed by atoms with E-state index in [2.05, 4.69) is 52.0 Å². The minimum Gasteiger partial charge on any atom is -0.254 e. The van der Waals surface area contributed by atoms with Crippen LogP contribution in [-0.2, 0) is 0 Å². The number of hydrazine groups is 1. The molecule has 0 aromatic carbocycles. The van der Waals surface area contributed by atoms with Crippen LogP contribution in [-0.4, -0.2) is 23.1 Å². The van der Waals surface area contributed by atoms with E-state index >= 15 is 0 Å². The van der Waals surface area contributed by atoms with Crippen LogP contribution in [0.4, 0.5) is 0 Å². The molecule has 0 saturated carbocycles. The molecule has 1 saturated heterocycles. The highest BCUT2D eigenvalue weighted by Crippen LogP contribution is 2.33. The van der Waals surface area contributed by atoms with Crippen molar-refractivity contribution in [1.82, 2.24) is 10.4 Å². The second-order valence-electron chi connectivity index (χ2n) is 6.33. The first-order chi connectivity index (χ1) is 6.83. The molecule has 1 heterocycles. The number of nitrogens with one attached hydrogen (secondary N) is 1. The normalized spacial score (nSPS) is 32.2. The fourth-order valence-electron chi connectivity index (χ4n) is 2.97. The Morgan fingerprint density at radius 1 is 1.33 bits per heavy atom. The fourth-order valence-corrected chi connectivity index (χ4v) is 2.97. The average Bonchev–Trinajstić information content (AvgIpc) is 1.98. The molecule has 0 bridgehead atoms. The van der Waals surface area contributed by atoms with Crippen LogP contribution in [0, 0.1) is 11.8 Å². The van der Waals surface area contributed by atoms with Crippen molar-refractivity contribution in [3.8, 4) is 0 Å². The van der Waals surface area contributed by atoms with Crippen molar-refractivity contribution in [3.05, 3.63) is 0 Å². The maximum atomic E-state index is 3.61. The molecular weight excluding hydrogens is 184 g/mol. The highest BCUT2D eigenvalue weighted by molar-refractivity contribution is 4.90. The molecule has 0 aliphatic carbocycles. The third-order valence-electron chi connectivity index (χ3n) is 3.35. The minimum atomic E-state index is 0.298. The fraction of sp³-hybridized carbons (Fsp3) is 1.00. The number of hydrogen-bond acceptors (Lipinski definition) is 2. The second kappa shape index (κ2) is 4.84. The molecule has 90 valence electrons. The molecule has 0 radical (unpaired) electrons. The third-order valence-corrected chi connectivity index (χ3v) is 3.35. The third kappa shape index (κ3) is 3.46. The largest absolute Gasteiger partial charge is 0.254 e. The summed E-state index contributed by atoms with van der Waals surface area (Å²) < 4.78 is 0. The monoisotopic (exact) mass is 212 g/mol. The van der Waals surface area contributed by atoms with E-state index < -0.39 is 0 Å². The Morgan fingerprint density at radius 2 is 1.93 bits per heavy atom. The molecule has 0 amide bonds. The summed E-state index contributed by atoms with van der Waals surface area (Å²) in [6.07, 6.45) is 2.61. The molecule has 1 fully saturated rings. The van der Waals surface area contributed by atoms with E-state index in [1.807, 2.05) is 0 Å². The molecule has 0 aromatic heterocycles. The van der Waals surface area contributed by atoms with Gasteiger partial charge in [0.1, 0.15) is 0 Å². The summed E-state index contributed by atoms with van der Waals surface area (Å²) in [5, 5.41) is 2.48. The molecule has 0 spiro atoms. The maximum Gasteiger partial charge on any atom is 0.0303 e. The first-order valence-electron chi connectivity index (χ1n) is 6.35. The lowest BCUT2D eigenvalue weighted by Gasteiger charge is -2.49. The summed E-state index contributed by atoms with van der Waals surface area (Å²) in [5.41, 5.74) is 3.91. The van der Waals surface area contributed by atoms with Crippen molar-refractivity contribution in [2.75, 3.05) is 6.54 Å². The summed E-state index contributed by atoms with van der Waals surface area (Å²) in [5.74, 6) is 1.57. The van der Waals surface area contributed by atoms with Gasteiger partial charge in [0.15, 0.2) is 0 Å². The lowest BCUT2D eigenvalue weighted by Crippen LogP contribution is -2.60. The number of piperidine rings is 1. The van der Waals surface area contributed by atoms with Gasteiger partial charge in [-0.3, -0.25) is 5.43 Å². The summed E-state index contributed by atoms with van der Waals surface area (Å²) in [6.45, 7) is 15.0. The zero-order chi connectivity index (χ0) is 11.6. The quantitative estimate of drug-likeness (QED) is 0.773. The Balaban J connectivity index is 2.59. The van der Waals surface area contributed by atoms with Crippen LogP contribution < -0.4 is 5.43 Å². The lowest BCUT2D eigenvalue weighted by atomic mass is 9.82. The number of hydrogen-bond donors (Lipinski definition) is 1. The van der Waals surface area contributed by atoms with Gasteiger partial charge in [0.2, 0.25) is 0 Å². The van der Waals surface area contributed by atoms with Crippen LogP contribution in [0.1, 0.15) is 54.4 Å². The topological polar surface area (TPSA) is 15.3 Å². The van der Waals surface area contributed by atoms with E-state index in [1.54, 1.807) is 0 Å². The summed E-state index contributed by atoms with van der Waals surface area (Å²) in [7, 11) is 0. The van der Waals surface area contributed by atoms with E-state index in [0.29, 0.717) is 17.5 Å². The van der Waals surface area contributed by atoms with Crippen LogP contribution in [0.15, 0.2) is 0 Å². The van der Waals surface area contributed by atoms with Crippen molar-refractivity contribution < 1.29 is 0 Å². The predicted octanol–water partition coefficient (Wildman–Crippen LogP) is 3.05. The Labute approximate surface area is 95.4 Å². The van der Waals surface area contributed by atoms with Crippen molar-refractivity contribution in [1.29, 1.82) is 0 Å². The highest BCUT2D eigenvalue weighted by atomic mass is 15.5. The van der Waals surface area contributed by atoms with Crippen LogP contribution in [0.25, 0.3) is 0 Å². The molecule has 1 aliphatic heterocycles. The SMILES string of the molecule is CC(C)CNN1C(C)CC(C)CC1(C)C.